The molecule has 0 aromatic heterocycles. The second-order valence-corrected chi connectivity index (χ2v) is 5.52. The first-order valence-corrected chi connectivity index (χ1v) is 7.77. The van der Waals surface area contributed by atoms with Crippen LogP contribution < -0.4 is 5.32 Å². The first-order valence-electron chi connectivity index (χ1n) is 7.77. The summed E-state index contributed by atoms with van der Waals surface area (Å²) in [5.74, 6) is -1.13. The molecule has 0 saturated heterocycles. The highest BCUT2D eigenvalue weighted by molar-refractivity contribution is 5.83. The Morgan fingerprint density at radius 2 is 1.62 bits per heavy atom. The van der Waals surface area contributed by atoms with Crippen LogP contribution in [0.3, 0.4) is 0 Å². The van der Waals surface area contributed by atoms with Gasteiger partial charge in [-0.2, -0.15) is 0 Å². The van der Waals surface area contributed by atoms with Crippen molar-refractivity contribution in [3.8, 4) is 0 Å². The van der Waals surface area contributed by atoms with Gasteiger partial charge < -0.3 is 15.3 Å². The number of amides is 2. The molecule has 0 spiro atoms. The number of hydrogen-bond acceptors (Lipinski definition) is 3. The van der Waals surface area contributed by atoms with Gasteiger partial charge in [0.15, 0.2) is 0 Å². The quantitative estimate of drug-likeness (QED) is 0.743. The Morgan fingerprint density at radius 3 is 2.10 bits per heavy atom. The average molecular weight is 298 g/mol. The van der Waals surface area contributed by atoms with Crippen LogP contribution in [0.25, 0.3) is 0 Å². The van der Waals surface area contributed by atoms with Crippen molar-refractivity contribution in [2.45, 2.75) is 58.4 Å². The topological polar surface area (TPSA) is 86.7 Å². The van der Waals surface area contributed by atoms with Crippen LogP contribution in [-0.2, 0) is 14.4 Å². The Kier molecular flexibility index (Phi) is 7.19. The zero-order chi connectivity index (χ0) is 15.8. The smallest absolute Gasteiger partial charge is 0.306 e. The van der Waals surface area contributed by atoms with E-state index in [1.165, 1.54) is 0 Å². The lowest BCUT2D eigenvalue weighted by atomic mass is 9.86. The van der Waals surface area contributed by atoms with Crippen molar-refractivity contribution in [2.24, 2.45) is 5.92 Å². The number of hydrogen-bond donors (Lipinski definition) is 2. The summed E-state index contributed by atoms with van der Waals surface area (Å²) >= 11 is 0. The van der Waals surface area contributed by atoms with E-state index >= 15 is 0 Å². The first kappa shape index (κ1) is 17.5. The first-order chi connectivity index (χ1) is 9.97. The van der Waals surface area contributed by atoms with Crippen LogP contribution in [0, 0.1) is 5.92 Å². The van der Waals surface area contributed by atoms with Crippen molar-refractivity contribution in [3.63, 3.8) is 0 Å². The summed E-state index contributed by atoms with van der Waals surface area (Å²) in [6.45, 7) is 5.16. The minimum atomic E-state index is -0.746. The maximum Gasteiger partial charge on any atom is 0.306 e. The van der Waals surface area contributed by atoms with E-state index in [9.17, 15) is 14.4 Å². The lowest BCUT2D eigenvalue weighted by molar-refractivity contribution is -0.143. The predicted octanol–water partition coefficient (Wildman–Crippen LogP) is 1.39. The van der Waals surface area contributed by atoms with Crippen LogP contribution in [0.1, 0.15) is 52.4 Å². The molecule has 120 valence electrons. The Labute approximate surface area is 125 Å². The SMILES string of the molecule is CCN(CC)C(=O)CCC(=O)NC1CCC(C(=O)O)CC1. The minimum absolute atomic E-state index is 0.00438. The molecule has 2 N–H and O–H groups in total. The van der Waals surface area contributed by atoms with E-state index < -0.39 is 5.97 Å². The van der Waals surface area contributed by atoms with Crippen molar-refractivity contribution in [1.29, 1.82) is 0 Å². The molecule has 1 fully saturated rings. The summed E-state index contributed by atoms with van der Waals surface area (Å²) in [6, 6.07) is 0.0525. The number of carbonyl (C=O) groups excluding carboxylic acids is 2. The van der Waals surface area contributed by atoms with E-state index in [0.29, 0.717) is 38.8 Å². The van der Waals surface area contributed by atoms with E-state index in [1.54, 1.807) is 4.90 Å². The third-order valence-electron chi connectivity index (χ3n) is 4.12. The standard InChI is InChI=1S/C15H26N2O4/c1-3-17(4-2)14(19)10-9-13(18)16-12-7-5-11(6-8-12)15(20)21/h11-12H,3-10H2,1-2H3,(H,16,18)(H,20,21). The Morgan fingerprint density at radius 1 is 1.05 bits per heavy atom. The Bertz CT molecular complexity index is 372. The van der Waals surface area contributed by atoms with Gasteiger partial charge in [0, 0.05) is 32.0 Å². The van der Waals surface area contributed by atoms with Crippen LogP contribution >= 0.6 is 0 Å². The summed E-state index contributed by atoms with van der Waals surface area (Å²) in [4.78, 5) is 36.2. The molecule has 21 heavy (non-hydrogen) atoms. The van der Waals surface area contributed by atoms with Crippen LogP contribution in [0.2, 0.25) is 0 Å². The van der Waals surface area contributed by atoms with Crippen LogP contribution in [0.5, 0.6) is 0 Å². The monoisotopic (exact) mass is 298 g/mol. The lowest BCUT2D eigenvalue weighted by Gasteiger charge is -2.27. The van der Waals surface area contributed by atoms with E-state index in [1.807, 2.05) is 13.8 Å². The van der Waals surface area contributed by atoms with Gasteiger partial charge in [-0.3, -0.25) is 14.4 Å². The molecular formula is C15H26N2O4. The van der Waals surface area contributed by atoms with Gasteiger partial charge in [-0.05, 0) is 39.5 Å². The highest BCUT2D eigenvalue weighted by atomic mass is 16.4. The van der Waals surface area contributed by atoms with Crippen molar-refractivity contribution in [3.05, 3.63) is 0 Å². The van der Waals surface area contributed by atoms with Gasteiger partial charge in [0.1, 0.15) is 0 Å². The molecule has 0 aliphatic heterocycles. The van der Waals surface area contributed by atoms with E-state index in [0.717, 1.165) is 0 Å². The van der Waals surface area contributed by atoms with Crippen molar-refractivity contribution < 1.29 is 19.5 Å². The molecule has 2 amide bonds. The number of nitrogens with one attached hydrogen (secondary N) is 1. The largest absolute Gasteiger partial charge is 0.481 e. The second kappa shape index (κ2) is 8.64. The van der Waals surface area contributed by atoms with Gasteiger partial charge in [0.2, 0.25) is 11.8 Å². The highest BCUT2D eigenvalue weighted by Gasteiger charge is 2.26. The van der Waals surface area contributed by atoms with Crippen LogP contribution in [0.4, 0.5) is 0 Å². The summed E-state index contributed by atoms with van der Waals surface area (Å²) in [5.41, 5.74) is 0. The lowest BCUT2D eigenvalue weighted by Crippen LogP contribution is -2.39. The summed E-state index contributed by atoms with van der Waals surface area (Å²) in [5, 5.41) is 11.8. The molecule has 1 aliphatic rings. The van der Waals surface area contributed by atoms with E-state index in [2.05, 4.69) is 5.32 Å². The highest BCUT2D eigenvalue weighted by Crippen LogP contribution is 2.24. The molecule has 0 heterocycles. The fourth-order valence-corrected chi connectivity index (χ4v) is 2.74. The van der Waals surface area contributed by atoms with Crippen molar-refractivity contribution >= 4 is 17.8 Å². The number of nitrogens with zero attached hydrogens (tertiary/aromatic N) is 1. The van der Waals surface area contributed by atoms with Gasteiger partial charge in [0.25, 0.3) is 0 Å². The predicted molar refractivity (Wildman–Crippen MR) is 78.7 cm³/mol. The number of carboxylic acids is 1. The second-order valence-electron chi connectivity index (χ2n) is 5.52. The zero-order valence-corrected chi connectivity index (χ0v) is 12.9. The Hall–Kier alpha value is -1.59. The summed E-state index contributed by atoms with van der Waals surface area (Å²) in [7, 11) is 0. The average Bonchev–Trinajstić information content (AvgIpc) is 2.47. The van der Waals surface area contributed by atoms with Gasteiger partial charge >= 0.3 is 5.97 Å². The normalized spacial score (nSPS) is 21.6. The van der Waals surface area contributed by atoms with Gasteiger partial charge in [-0.25, -0.2) is 0 Å². The van der Waals surface area contributed by atoms with Gasteiger partial charge in [-0.1, -0.05) is 0 Å². The summed E-state index contributed by atoms with van der Waals surface area (Å²) in [6.07, 6.45) is 3.06. The number of carbonyl (C=O) groups is 3. The zero-order valence-electron chi connectivity index (χ0n) is 12.9. The van der Waals surface area contributed by atoms with E-state index in [4.69, 9.17) is 5.11 Å². The van der Waals surface area contributed by atoms with E-state index in [-0.39, 0.29) is 36.6 Å². The Balaban J connectivity index is 2.26. The van der Waals surface area contributed by atoms with Crippen LogP contribution in [0.15, 0.2) is 0 Å². The molecule has 1 saturated carbocycles. The fourth-order valence-electron chi connectivity index (χ4n) is 2.74. The maximum atomic E-state index is 11.8. The third kappa shape index (κ3) is 5.73. The molecule has 0 bridgehead atoms. The van der Waals surface area contributed by atoms with Crippen molar-refractivity contribution in [1.82, 2.24) is 10.2 Å². The number of rotatable bonds is 7. The molecule has 0 aromatic rings. The number of carboxylic acid groups (broad SMARTS) is 1. The molecule has 6 nitrogen and oxygen atoms in total. The van der Waals surface area contributed by atoms with Gasteiger partial charge in [-0.15, -0.1) is 0 Å². The molecule has 1 aliphatic carbocycles. The fraction of sp³-hybridized carbons (Fsp3) is 0.800. The maximum absolute atomic E-state index is 11.8. The summed E-state index contributed by atoms with van der Waals surface area (Å²) < 4.78 is 0. The van der Waals surface area contributed by atoms with Crippen molar-refractivity contribution in [2.75, 3.05) is 13.1 Å². The molecular weight excluding hydrogens is 272 g/mol. The molecule has 1 rings (SSSR count). The number of aliphatic carboxylic acids is 1. The minimum Gasteiger partial charge on any atom is -0.481 e. The molecule has 0 atom stereocenters. The molecule has 6 heteroatoms. The van der Waals surface area contributed by atoms with Crippen LogP contribution in [-0.4, -0.2) is 46.9 Å². The molecule has 0 aromatic carbocycles. The van der Waals surface area contributed by atoms with Gasteiger partial charge in [0.05, 0.1) is 5.92 Å². The molecule has 0 radical (unpaired) electrons. The third-order valence-corrected chi connectivity index (χ3v) is 4.12. The molecule has 0 unspecified atom stereocenters.